The summed E-state index contributed by atoms with van der Waals surface area (Å²) in [6.45, 7) is 1.18. The molecule has 3 N–H and O–H groups in total. The normalized spacial score (nSPS) is 10.3. The summed E-state index contributed by atoms with van der Waals surface area (Å²) < 4.78 is 18.6. The Kier molecular flexibility index (Phi) is 7.39. The molecule has 0 saturated carbocycles. The zero-order valence-electron chi connectivity index (χ0n) is 10.3. The van der Waals surface area contributed by atoms with Crippen molar-refractivity contribution in [3.05, 3.63) is 28.5 Å². The van der Waals surface area contributed by atoms with Crippen molar-refractivity contribution < 1.29 is 19.0 Å². The zero-order valence-corrected chi connectivity index (χ0v) is 11.9. The average Bonchev–Trinajstić information content (AvgIpc) is 2.38. The van der Waals surface area contributed by atoms with Crippen molar-refractivity contribution in [2.75, 3.05) is 31.7 Å². The van der Waals surface area contributed by atoms with Crippen LogP contribution in [0.5, 0.6) is 0 Å². The maximum atomic E-state index is 13.0. The molecule has 0 unspecified atom stereocenters. The van der Waals surface area contributed by atoms with Crippen LogP contribution in [0.25, 0.3) is 0 Å². The zero-order chi connectivity index (χ0) is 14.1. The minimum absolute atomic E-state index is 0.0124. The number of carbonyl (C=O) groups excluding carboxylic acids is 1. The van der Waals surface area contributed by atoms with E-state index >= 15 is 0 Å². The van der Waals surface area contributed by atoms with E-state index in [0.717, 1.165) is 0 Å². The van der Waals surface area contributed by atoms with Crippen LogP contribution >= 0.6 is 15.9 Å². The molecule has 0 heterocycles. The number of halogens is 2. The lowest BCUT2D eigenvalue weighted by atomic mass is 10.3. The van der Waals surface area contributed by atoms with E-state index in [1.165, 1.54) is 18.2 Å². The molecule has 0 fully saturated rings. The third-order valence-corrected chi connectivity index (χ3v) is 2.85. The predicted octanol–water partition coefficient (Wildman–Crippen LogP) is 2.11. The van der Waals surface area contributed by atoms with Gasteiger partial charge in [-0.2, -0.15) is 0 Å². The topological polar surface area (TPSA) is 70.6 Å². The van der Waals surface area contributed by atoms with Crippen molar-refractivity contribution in [3.63, 3.8) is 0 Å². The lowest BCUT2D eigenvalue weighted by Crippen LogP contribution is -2.30. The van der Waals surface area contributed by atoms with E-state index in [9.17, 15) is 9.18 Å². The van der Waals surface area contributed by atoms with Gasteiger partial charge in [-0.05, 0) is 40.5 Å². The lowest BCUT2D eigenvalue weighted by Gasteiger charge is -2.09. The summed E-state index contributed by atoms with van der Waals surface area (Å²) in [5.41, 5.74) is 0.369. The molecule has 106 valence electrons. The van der Waals surface area contributed by atoms with Crippen LogP contribution in [-0.2, 0) is 4.74 Å². The fourth-order valence-electron chi connectivity index (χ4n) is 1.30. The van der Waals surface area contributed by atoms with Crippen LogP contribution in [0.1, 0.15) is 6.42 Å². The van der Waals surface area contributed by atoms with Crippen LogP contribution in [0.3, 0.4) is 0 Å². The van der Waals surface area contributed by atoms with Crippen LogP contribution in [0, 0.1) is 5.82 Å². The molecule has 0 saturated heterocycles. The van der Waals surface area contributed by atoms with Crippen molar-refractivity contribution in [1.82, 2.24) is 5.32 Å². The van der Waals surface area contributed by atoms with Crippen LogP contribution in [0.15, 0.2) is 22.7 Å². The number of ether oxygens (including phenoxy) is 1. The van der Waals surface area contributed by atoms with E-state index in [-0.39, 0.29) is 6.61 Å². The fourth-order valence-corrected chi connectivity index (χ4v) is 1.65. The van der Waals surface area contributed by atoms with Crippen molar-refractivity contribution in [2.24, 2.45) is 0 Å². The number of benzene rings is 1. The third-order valence-electron chi connectivity index (χ3n) is 2.16. The molecule has 0 spiro atoms. The van der Waals surface area contributed by atoms with E-state index in [0.29, 0.717) is 36.3 Å². The van der Waals surface area contributed by atoms with E-state index in [1.54, 1.807) is 0 Å². The van der Waals surface area contributed by atoms with E-state index < -0.39 is 11.8 Å². The second kappa shape index (κ2) is 8.84. The number of aliphatic hydroxyl groups is 1. The standard InChI is InChI=1S/C12H16BrFN2O3/c13-10-3-2-9(14)8-11(10)16-12(18)15-4-1-6-19-7-5-17/h2-3,8,17H,1,4-7H2,(H2,15,16,18). The first-order chi connectivity index (χ1) is 9.13. The fraction of sp³-hybridized carbons (Fsp3) is 0.417. The quantitative estimate of drug-likeness (QED) is 0.669. The van der Waals surface area contributed by atoms with Gasteiger partial charge in [0.15, 0.2) is 0 Å². The minimum Gasteiger partial charge on any atom is -0.394 e. The molecular formula is C12H16BrFN2O3. The van der Waals surface area contributed by atoms with Gasteiger partial charge in [-0.3, -0.25) is 0 Å². The first kappa shape index (κ1) is 15.9. The van der Waals surface area contributed by atoms with Gasteiger partial charge in [-0.15, -0.1) is 0 Å². The largest absolute Gasteiger partial charge is 0.394 e. The molecule has 7 heteroatoms. The number of urea groups is 1. The Balaban J connectivity index is 2.25. The minimum atomic E-state index is -0.420. The Labute approximate surface area is 119 Å². The summed E-state index contributed by atoms with van der Waals surface area (Å²) in [6.07, 6.45) is 0.637. The Morgan fingerprint density at radius 3 is 2.95 bits per heavy atom. The molecule has 0 aromatic heterocycles. The molecule has 0 aliphatic carbocycles. The highest BCUT2D eigenvalue weighted by Crippen LogP contribution is 2.22. The Morgan fingerprint density at radius 2 is 2.21 bits per heavy atom. The summed E-state index contributed by atoms with van der Waals surface area (Å²) in [6, 6.07) is 3.64. The molecule has 1 aromatic carbocycles. The first-order valence-electron chi connectivity index (χ1n) is 5.82. The number of carbonyl (C=O) groups is 1. The summed E-state index contributed by atoms with van der Waals surface area (Å²) >= 11 is 3.22. The number of amides is 2. The van der Waals surface area contributed by atoms with Gasteiger partial charge in [0.05, 0.1) is 18.9 Å². The maximum Gasteiger partial charge on any atom is 0.319 e. The molecule has 1 aromatic rings. The van der Waals surface area contributed by atoms with Crippen LogP contribution < -0.4 is 10.6 Å². The van der Waals surface area contributed by atoms with E-state index in [1.807, 2.05) is 0 Å². The van der Waals surface area contributed by atoms with Crippen LogP contribution in [-0.4, -0.2) is 37.5 Å². The smallest absolute Gasteiger partial charge is 0.319 e. The van der Waals surface area contributed by atoms with Gasteiger partial charge in [0.2, 0.25) is 0 Å². The van der Waals surface area contributed by atoms with E-state index in [4.69, 9.17) is 9.84 Å². The van der Waals surface area contributed by atoms with Gasteiger partial charge in [0.1, 0.15) is 5.82 Å². The number of aliphatic hydroxyl groups excluding tert-OH is 1. The molecule has 0 radical (unpaired) electrons. The van der Waals surface area contributed by atoms with Crippen molar-refractivity contribution in [1.29, 1.82) is 0 Å². The molecule has 0 aliphatic heterocycles. The molecule has 1 rings (SSSR count). The van der Waals surface area contributed by atoms with Gasteiger partial charge in [0.25, 0.3) is 0 Å². The summed E-state index contributed by atoms with van der Waals surface area (Å²) in [5, 5.41) is 13.6. The van der Waals surface area contributed by atoms with Crippen LogP contribution in [0.2, 0.25) is 0 Å². The lowest BCUT2D eigenvalue weighted by molar-refractivity contribution is 0.0910. The van der Waals surface area contributed by atoms with Crippen molar-refractivity contribution in [3.8, 4) is 0 Å². The van der Waals surface area contributed by atoms with Crippen LogP contribution in [0.4, 0.5) is 14.9 Å². The molecular weight excluding hydrogens is 319 g/mol. The monoisotopic (exact) mass is 334 g/mol. The molecule has 0 atom stereocenters. The maximum absolute atomic E-state index is 13.0. The van der Waals surface area contributed by atoms with Crippen molar-refractivity contribution in [2.45, 2.75) is 6.42 Å². The highest BCUT2D eigenvalue weighted by molar-refractivity contribution is 9.10. The third kappa shape index (κ3) is 6.51. The molecule has 0 aliphatic rings. The van der Waals surface area contributed by atoms with Gasteiger partial charge in [-0.1, -0.05) is 0 Å². The van der Waals surface area contributed by atoms with Gasteiger partial charge >= 0.3 is 6.03 Å². The predicted molar refractivity (Wildman–Crippen MR) is 73.6 cm³/mol. The van der Waals surface area contributed by atoms with Gasteiger partial charge < -0.3 is 20.5 Å². The molecule has 5 nitrogen and oxygen atoms in total. The van der Waals surface area contributed by atoms with Gasteiger partial charge in [0, 0.05) is 17.6 Å². The summed E-state index contributed by atoms with van der Waals surface area (Å²) in [4.78, 5) is 11.5. The molecule has 0 bridgehead atoms. The first-order valence-corrected chi connectivity index (χ1v) is 6.61. The Hall–Kier alpha value is -1.18. The highest BCUT2D eigenvalue weighted by Gasteiger charge is 2.05. The van der Waals surface area contributed by atoms with Gasteiger partial charge in [-0.25, -0.2) is 9.18 Å². The molecule has 19 heavy (non-hydrogen) atoms. The molecule has 2 amide bonds. The Morgan fingerprint density at radius 1 is 1.42 bits per heavy atom. The number of hydrogen-bond acceptors (Lipinski definition) is 3. The summed E-state index contributed by atoms with van der Waals surface area (Å²) in [7, 11) is 0. The Bertz CT molecular complexity index is 418. The number of rotatable bonds is 7. The number of hydrogen-bond donors (Lipinski definition) is 3. The highest BCUT2D eigenvalue weighted by atomic mass is 79.9. The average molecular weight is 335 g/mol. The second-order valence-electron chi connectivity index (χ2n) is 3.69. The van der Waals surface area contributed by atoms with Crippen molar-refractivity contribution >= 4 is 27.6 Å². The SMILES string of the molecule is O=C(NCCCOCCO)Nc1cc(F)ccc1Br. The summed E-state index contributed by atoms with van der Waals surface area (Å²) in [5.74, 6) is -0.420. The number of anilines is 1. The second-order valence-corrected chi connectivity index (χ2v) is 4.55. The van der Waals surface area contributed by atoms with E-state index in [2.05, 4.69) is 26.6 Å². The number of nitrogens with one attached hydrogen (secondary N) is 2.